The van der Waals surface area contributed by atoms with Crippen molar-refractivity contribution in [2.45, 2.75) is 95.9 Å². The Labute approximate surface area is 266 Å². The number of aliphatic hydroxyl groups excluding tert-OH is 1. The predicted octanol–water partition coefficient (Wildman–Crippen LogP) is 3.26. The van der Waals surface area contributed by atoms with Crippen LogP contribution in [0.3, 0.4) is 0 Å². The van der Waals surface area contributed by atoms with Crippen molar-refractivity contribution in [2.75, 3.05) is 20.2 Å². The van der Waals surface area contributed by atoms with Gasteiger partial charge in [0.2, 0.25) is 17.7 Å². The van der Waals surface area contributed by atoms with Gasteiger partial charge in [0, 0.05) is 26.1 Å². The average Bonchev–Trinajstić information content (AvgIpc) is 3.68. The highest BCUT2D eigenvalue weighted by atomic mass is 16.6. The second-order valence-corrected chi connectivity index (χ2v) is 13.2. The highest BCUT2D eigenvalue weighted by molar-refractivity contribution is 5.99. The van der Waals surface area contributed by atoms with Gasteiger partial charge in [0.05, 0.1) is 30.7 Å². The first-order chi connectivity index (χ1) is 21.5. The minimum atomic E-state index is -1.38. The van der Waals surface area contributed by atoms with Crippen LogP contribution in [0.15, 0.2) is 54.6 Å². The molecule has 1 N–H and O–H groups in total. The zero-order chi connectivity index (χ0) is 32.6. The van der Waals surface area contributed by atoms with Crippen LogP contribution in [-0.2, 0) is 28.7 Å². The maximum Gasteiger partial charge on any atom is 0.313 e. The lowest BCUT2D eigenvalue weighted by atomic mass is 9.74. The van der Waals surface area contributed by atoms with E-state index in [2.05, 4.69) is 0 Å². The number of fused-ring (bicyclic) bond motifs is 2. The van der Waals surface area contributed by atoms with E-state index >= 15 is 0 Å². The SMILES string of the molecule is CC[C@H](C)[C@H](CO)N1C(=O)[C@@H]2[C@H]3C(=O)O[C@@H](c4ccccc4)[C@H](C)N(C)C(=O)CC/C=C\CN(C(C)C)C(=O)[C@@H]1[C@]21C=C[C@H]3O1. The Morgan fingerprint density at radius 3 is 2.40 bits per heavy atom. The quantitative estimate of drug-likeness (QED) is 0.383. The van der Waals surface area contributed by atoms with E-state index in [9.17, 15) is 24.3 Å². The highest BCUT2D eigenvalue weighted by Crippen LogP contribution is 2.56. The molecule has 0 saturated carbocycles. The maximum atomic E-state index is 14.6. The Morgan fingerprint density at radius 2 is 1.76 bits per heavy atom. The number of likely N-dealkylation sites (N-methyl/N-ethyl adjacent to an activating group) is 1. The molecule has 10 heteroatoms. The van der Waals surface area contributed by atoms with Gasteiger partial charge in [-0.15, -0.1) is 0 Å². The molecule has 1 aromatic carbocycles. The number of carbonyl (C=O) groups is 4. The summed E-state index contributed by atoms with van der Waals surface area (Å²) < 4.78 is 12.8. The van der Waals surface area contributed by atoms with Gasteiger partial charge in [-0.2, -0.15) is 0 Å². The molecule has 4 aliphatic rings. The molecule has 0 aromatic heterocycles. The first-order valence-corrected chi connectivity index (χ1v) is 16.2. The van der Waals surface area contributed by atoms with Crippen molar-refractivity contribution in [3.05, 3.63) is 60.2 Å². The molecule has 3 amide bonds. The topological polar surface area (TPSA) is 117 Å². The van der Waals surface area contributed by atoms with Crippen molar-refractivity contribution in [1.29, 1.82) is 0 Å². The maximum absolute atomic E-state index is 14.6. The van der Waals surface area contributed by atoms with Crippen molar-refractivity contribution in [3.8, 4) is 0 Å². The van der Waals surface area contributed by atoms with Crippen LogP contribution in [0.5, 0.6) is 0 Å². The lowest BCUT2D eigenvalue weighted by Gasteiger charge is -2.41. The number of nitrogens with zero attached hydrogens (tertiary/aromatic N) is 3. The summed E-state index contributed by atoms with van der Waals surface area (Å²) in [6.07, 6.45) is 7.18. The number of allylic oxidation sites excluding steroid dienone is 1. The third-order valence-corrected chi connectivity index (χ3v) is 10.4. The minimum Gasteiger partial charge on any atom is -0.455 e. The lowest BCUT2D eigenvalue weighted by molar-refractivity contribution is -0.164. The third-order valence-electron chi connectivity index (χ3n) is 10.4. The summed E-state index contributed by atoms with van der Waals surface area (Å²) in [7, 11) is 1.71. The minimum absolute atomic E-state index is 0.0969. The summed E-state index contributed by atoms with van der Waals surface area (Å²) in [6.45, 7) is 9.55. The molecular formula is C35H47N3O7. The van der Waals surface area contributed by atoms with Crippen molar-refractivity contribution >= 4 is 23.7 Å². The Bertz CT molecular complexity index is 1350. The number of rotatable bonds is 6. The van der Waals surface area contributed by atoms with E-state index in [1.807, 2.05) is 77.1 Å². The van der Waals surface area contributed by atoms with E-state index in [1.54, 1.807) is 29.0 Å². The highest BCUT2D eigenvalue weighted by Gasteiger charge is 2.74. The number of likely N-dealkylation sites (tertiary alicyclic amines) is 1. The number of ether oxygens (including phenoxy) is 2. The first-order valence-electron chi connectivity index (χ1n) is 16.2. The number of hydrogen-bond donors (Lipinski definition) is 1. The van der Waals surface area contributed by atoms with Gasteiger partial charge in [-0.3, -0.25) is 19.2 Å². The molecule has 0 radical (unpaired) electrons. The van der Waals surface area contributed by atoms with Gasteiger partial charge in [-0.1, -0.05) is 74.9 Å². The molecular weight excluding hydrogens is 574 g/mol. The van der Waals surface area contributed by atoms with E-state index in [-0.39, 0.29) is 43.3 Å². The monoisotopic (exact) mass is 621 g/mol. The van der Waals surface area contributed by atoms with Crippen LogP contribution in [0.1, 0.15) is 65.5 Å². The molecule has 0 aliphatic carbocycles. The fraction of sp³-hybridized carbons (Fsp3) is 0.600. The molecule has 1 aromatic rings. The summed E-state index contributed by atoms with van der Waals surface area (Å²) in [5.41, 5.74) is -0.656. The van der Waals surface area contributed by atoms with Crippen molar-refractivity contribution in [1.82, 2.24) is 14.7 Å². The molecule has 4 heterocycles. The second-order valence-electron chi connectivity index (χ2n) is 13.2. The summed E-state index contributed by atoms with van der Waals surface area (Å²) in [6, 6.07) is 6.85. The summed E-state index contributed by atoms with van der Waals surface area (Å²) in [5, 5.41) is 10.6. The summed E-state index contributed by atoms with van der Waals surface area (Å²) in [5.74, 6) is -3.52. The van der Waals surface area contributed by atoms with Gasteiger partial charge >= 0.3 is 5.97 Å². The van der Waals surface area contributed by atoms with Crippen LogP contribution in [0.2, 0.25) is 0 Å². The molecule has 2 fully saturated rings. The zero-order valence-corrected chi connectivity index (χ0v) is 27.2. The van der Waals surface area contributed by atoms with Gasteiger partial charge in [0.25, 0.3) is 0 Å². The number of cyclic esters (lactones) is 1. The van der Waals surface area contributed by atoms with Crippen LogP contribution >= 0.6 is 0 Å². The molecule has 5 bridgehead atoms. The van der Waals surface area contributed by atoms with E-state index in [4.69, 9.17) is 9.47 Å². The summed E-state index contributed by atoms with van der Waals surface area (Å²) in [4.78, 5) is 61.5. The molecule has 244 valence electrons. The summed E-state index contributed by atoms with van der Waals surface area (Å²) >= 11 is 0. The number of benzene rings is 1. The smallest absolute Gasteiger partial charge is 0.313 e. The van der Waals surface area contributed by atoms with Gasteiger partial charge < -0.3 is 29.3 Å². The first kappa shape index (κ1) is 32.9. The van der Waals surface area contributed by atoms with Crippen molar-refractivity contribution in [3.63, 3.8) is 0 Å². The van der Waals surface area contributed by atoms with Gasteiger partial charge in [0.1, 0.15) is 23.7 Å². The number of amides is 3. The third kappa shape index (κ3) is 5.60. The largest absolute Gasteiger partial charge is 0.455 e. The standard InChI is InChI=1S/C35H47N3O7/c1-7-22(4)25(20-39)38-31-33(42)37(21(2)3)19-13-9-12-16-27(40)36(6)23(5)30(24-14-10-8-11-15-24)44-34(43)28-26-17-18-35(31,45-26)29(28)32(38)41/h8-11,13-15,17-18,21-23,25-26,28-31,39H,7,12,16,19-20H2,1-6H3/b13-9-/t22-,23-,25-,26+,28-,29-,30+,31+,35-/m0/s1. The van der Waals surface area contributed by atoms with Crippen molar-refractivity contribution in [2.24, 2.45) is 17.8 Å². The fourth-order valence-corrected chi connectivity index (χ4v) is 7.45. The molecule has 5 rings (SSSR count). The predicted molar refractivity (Wildman–Crippen MR) is 167 cm³/mol. The molecule has 1 spiro atoms. The van der Waals surface area contributed by atoms with Gasteiger partial charge in [0.15, 0.2) is 0 Å². The zero-order valence-electron chi connectivity index (χ0n) is 27.2. The van der Waals surface area contributed by atoms with E-state index in [0.717, 1.165) is 5.56 Å². The van der Waals surface area contributed by atoms with Gasteiger partial charge in [-0.25, -0.2) is 0 Å². The normalized spacial score (nSPS) is 34.4. The van der Waals surface area contributed by atoms with Crippen LogP contribution < -0.4 is 0 Å². The number of hydrogen-bond acceptors (Lipinski definition) is 7. The Balaban J connectivity index is 1.64. The number of carbonyl (C=O) groups excluding carboxylic acids is 4. The number of esters is 1. The van der Waals surface area contributed by atoms with E-state index in [1.165, 1.54) is 4.90 Å². The Kier molecular flexibility index (Phi) is 9.56. The Morgan fingerprint density at radius 1 is 1.04 bits per heavy atom. The molecule has 0 unspecified atom stereocenters. The van der Waals surface area contributed by atoms with Gasteiger partial charge in [-0.05, 0) is 38.7 Å². The van der Waals surface area contributed by atoms with Crippen LogP contribution in [0, 0.1) is 17.8 Å². The number of aliphatic hydroxyl groups is 1. The van der Waals surface area contributed by atoms with Crippen LogP contribution in [0.4, 0.5) is 0 Å². The van der Waals surface area contributed by atoms with Crippen molar-refractivity contribution < 1.29 is 33.8 Å². The molecule has 45 heavy (non-hydrogen) atoms. The fourth-order valence-electron chi connectivity index (χ4n) is 7.45. The Hall–Kier alpha value is -3.50. The average molecular weight is 622 g/mol. The van der Waals surface area contributed by atoms with Crippen LogP contribution in [-0.4, -0.2) is 99.6 Å². The van der Waals surface area contributed by atoms with Crippen LogP contribution in [0.25, 0.3) is 0 Å². The second kappa shape index (κ2) is 13.1. The van der Waals surface area contributed by atoms with E-state index < -0.39 is 59.6 Å². The molecule has 10 nitrogen and oxygen atoms in total. The molecule has 2 saturated heterocycles. The lowest BCUT2D eigenvalue weighted by Crippen LogP contribution is -2.60. The molecule has 9 atom stereocenters. The van der Waals surface area contributed by atoms with E-state index in [0.29, 0.717) is 12.8 Å². The molecule has 4 aliphatic heterocycles.